The van der Waals surface area contributed by atoms with Gasteiger partial charge in [0, 0.05) is 23.7 Å². The molecule has 0 aromatic heterocycles. The zero-order valence-corrected chi connectivity index (χ0v) is 20.3. The number of ether oxygens (including phenoxy) is 1. The van der Waals surface area contributed by atoms with E-state index in [2.05, 4.69) is 0 Å². The van der Waals surface area contributed by atoms with Gasteiger partial charge in [-0.15, -0.1) is 23.2 Å². The third kappa shape index (κ3) is 3.21. The number of hydrogen-bond donors (Lipinski definition) is 1. The first-order valence-corrected chi connectivity index (χ1v) is 12.0. The molecule has 9 heteroatoms. The summed E-state index contributed by atoms with van der Waals surface area (Å²) in [5.74, 6) is -3.69. The molecule has 8 atom stereocenters. The lowest BCUT2D eigenvalue weighted by atomic mass is 9.44. The normalized spacial score (nSPS) is 46.3. The summed E-state index contributed by atoms with van der Waals surface area (Å²) < 4.78 is 33.4. The lowest BCUT2D eigenvalue weighted by Gasteiger charge is -2.65. The number of allylic oxidation sites excluding steroid dienone is 4. The molecule has 182 valence electrons. The summed E-state index contributed by atoms with van der Waals surface area (Å²) in [6, 6.07) is 0. The largest absolute Gasteiger partial charge is 0.458 e. The van der Waals surface area contributed by atoms with Crippen LogP contribution >= 0.6 is 23.2 Å². The van der Waals surface area contributed by atoms with Crippen molar-refractivity contribution in [2.45, 2.75) is 68.7 Å². The second-order valence-corrected chi connectivity index (χ2v) is 11.5. The van der Waals surface area contributed by atoms with E-state index in [0.717, 1.165) is 0 Å². The topological polar surface area (TPSA) is 80.7 Å². The molecule has 3 fully saturated rings. The second kappa shape index (κ2) is 7.85. The van der Waals surface area contributed by atoms with E-state index in [9.17, 15) is 28.3 Å². The Morgan fingerprint density at radius 2 is 1.97 bits per heavy atom. The minimum atomic E-state index is -2.70. The van der Waals surface area contributed by atoms with Crippen LogP contribution < -0.4 is 0 Å². The van der Waals surface area contributed by atoms with Gasteiger partial charge in [-0.3, -0.25) is 14.4 Å². The van der Waals surface area contributed by atoms with Crippen LogP contribution in [0.25, 0.3) is 0 Å². The Morgan fingerprint density at radius 1 is 1.30 bits per heavy atom. The van der Waals surface area contributed by atoms with E-state index in [-0.39, 0.29) is 31.0 Å². The van der Waals surface area contributed by atoms with Crippen molar-refractivity contribution in [1.29, 1.82) is 0 Å². The molecular weight excluding hydrogens is 477 g/mol. The second-order valence-electron chi connectivity index (χ2n) is 10.4. The molecule has 0 amide bonds. The fourth-order valence-electron chi connectivity index (χ4n) is 7.25. The maximum Gasteiger partial charge on any atom is 0.303 e. The number of carbonyl (C=O) groups is 3. The van der Waals surface area contributed by atoms with Crippen LogP contribution in [0.4, 0.5) is 8.78 Å². The molecule has 4 rings (SSSR count). The number of alkyl halides is 4. The molecule has 4 aliphatic rings. The molecule has 0 radical (unpaired) electrons. The molecule has 0 aromatic rings. The number of Topliss-reactive ketones (excluding diaryl/α,β-unsaturated/α-hetero) is 1. The van der Waals surface area contributed by atoms with Crippen molar-refractivity contribution < 1.29 is 33.0 Å². The Hall–Kier alpha value is -1.31. The van der Waals surface area contributed by atoms with Gasteiger partial charge in [0.1, 0.15) is 5.60 Å². The van der Waals surface area contributed by atoms with E-state index in [1.165, 1.54) is 19.1 Å². The molecular formula is C24H28Cl2F2O5. The van der Waals surface area contributed by atoms with Gasteiger partial charge in [0.15, 0.2) is 12.4 Å². The van der Waals surface area contributed by atoms with Crippen molar-refractivity contribution in [2.24, 2.45) is 28.6 Å². The number of rotatable bonds is 4. The fourth-order valence-corrected chi connectivity index (χ4v) is 8.45. The van der Waals surface area contributed by atoms with Crippen molar-refractivity contribution in [3.8, 4) is 0 Å². The van der Waals surface area contributed by atoms with Crippen LogP contribution in [-0.2, 0) is 19.1 Å². The van der Waals surface area contributed by atoms with Gasteiger partial charge < -0.3 is 9.84 Å². The van der Waals surface area contributed by atoms with Gasteiger partial charge in [0.05, 0.1) is 10.3 Å². The van der Waals surface area contributed by atoms with Gasteiger partial charge in [-0.1, -0.05) is 19.9 Å². The molecule has 4 aliphatic carbocycles. The van der Waals surface area contributed by atoms with Gasteiger partial charge >= 0.3 is 5.97 Å². The van der Waals surface area contributed by atoms with Gasteiger partial charge in [0.2, 0.25) is 12.2 Å². The third-order valence-electron chi connectivity index (χ3n) is 9.02. The summed E-state index contributed by atoms with van der Waals surface area (Å²) in [4.78, 5) is 35.1. The van der Waals surface area contributed by atoms with Crippen molar-refractivity contribution >= 4 is 40.7 Å². The number of carbonyl (C=O) groups excluding carboxylic acids is 3. The number of fused-ring (bicyclic) bond motifs is 5. The molecule has 0 bridgehead atoms. The van der Waals surface area contributed by atoms with Gasteiger partial charge in [-0.05, 0) is 55.2 Å². The highest BCUT2D eigenvalue weighted by Crippen LogP contribution is 2.72. The quantitative estimate of drug-likeness (QED) is 0.457. The lowest BCUT2D eigenvalue weighted by Crippen LogP contribution is -2.68. The minimum absolute atomic E-state index is 0.00139. The van der Waals surface area contributed by atoms with Crippen LogP contribution in [0.1, 0.15) is 46.5 Å². The first-order chi connectivity index (χ1) is 15.2. The van der Waals surface area contributed by atoms with E-state index in [0.29, 0.717) is 12.0 Å². The molecule has 33 heavy (non-hydrogen) atoms. The number of esters is 1. The average molecular weight is 505 g/mol. The third-order valence-corrected chi connectivity index (χ3v) is 10.6. The van der Waals surface area contributed by atoms with E-state index >= 15 is 0 Å². The summed E-state index contributed by atoms with van der Waals surface area (Å²) in [6.07, 6.45) is 2.19. The highest BCUT2D eigenvalue weighted by atomic mass is 35.5. The van der Waals surface area contributed by atoms with Crippen LogP contribution in [0, 0.1) is 28.6 Å². The zero-order valence-electron chi connectivity index (χ0n) is 18.7. The molecule has 0 heterocycles. The van der Waals surface area contributed by atoms with Crippen LogP contribution in [0.15, 0.2) is 23.8 Å². The maximum atomic E-state index is 14.3. The van der Waals surface area contributed by atoms with Crippen LogP contribution in [0.2, 0.25) is 0 Å². The molecule has 0 spiro atoms. The van der Waals surface area contributed by atoms with Crippen molar-refractivity contribution in [1.82, 2.24) is 0 Å². The number of aliphatic hydroxyl groups is 1. The molecule has 0 aliphatic heterocycles. The predicted molar refractivity (Wildman–Crippen MR) is 118 cm³/mol. The average Bonchev–Trinajstić information content (AvgIpc) is 2.99. The Labute approximate surface area is 201 Å². The number of halogens is 4. The highest BCUT2D eigenvalue weighted by molar-refractivity contribution is 6.34. The standard InChI is InChI=1S/C24H28Cl2F2O5/c1-12(29)33-11-19(31)23(32)7-5-15-17-9-14(20(27)28)16-8-13(30)4-6-21(16,2)24(17,26)18(25)10-22(15,23)3/h4,6,8,14-15,17-18,20,32H,5,7,9-11H2,1-3H3/t14-,15-,17-,18-,21-,22-,23+,24-/m0/s1. The van der Waals surface area contributed by atoms with Crippen molar-refractivity contribution in [2.75, 3.05) is 6.61 Å². The van der Waals surface area contributed by atoms with Gasteiger partial charge in [0.25, 0.3) is 0 Å². The summed E-state index contributed by atoms with van der Waals surface area (Å²) in [7, 11) is 0. The Morgan fingerprint density at radius 3 is 2.58 bits per heavy atom. The molecule has 0 aromatic carbocycles. The van der Waals surface area contributed by atoms with E-state index in [1.807, 2.05) is 0 Å². The minimum Gasteiger partial charge on any atom is -0.458 e. The van der Waals surface area contributed by atoms with Crippen LogP contribution in [0.5, 0.6) is 0 Å². The van der Waals surface area contributed by atoms with Crippen molar-refractivity contribution in [3.05, 3.63) is 23.8 Å². The van der Waals surface area contributed by atoms with Crippen LogP contribution in [0.3, 0.4) is 0 Å². The number of hydrogen-bond acceptors (Lipinski definition) is 5. The monoisotopic (exact) mass is 504 g/mol. The SMILES string of the molecule is CC(=O)OCC(=O)[C@]1(O)CC[C@H]2[C@@H]3C[C@H](C(F)F)C4=CC(=O)C=C[C@]4(C)[C@@]3(Cl)[C@@H](Cl)C[C@@]21C. The molecule has 1 N–H and O–H groups in total. The van der Waals surface area contributed by atoms with Crippen LogP contribution in [-0.4, -0.2) is 51.5 Å². The first kappa shape index (κ1) is 24.8. The number of ketones is 2. The molecule has 0 unspecified atom stereocenters. The fraction of sp³-hybridized carbons (Fsp3) is 0.708. The summed E-state index contributed by atoms with van der Waals surface area (Å²) in [5.41, 5.74) is -3.63. The van der Waals surface area contributed by atoms with E-state index in [1.54, 1.807) is 19.9 Å². The maximum absolute atomic E-state index is 14.3. The first-order valence-electron chi connectivity index (χ1n) is 11.2. The highest BCUT2D eigenvalue weighted by Gasteiger charge is 2.74. The Balaban J connectivity index is 1.79. The zero-order chi connectivity index (χ0) is 24.6. The lowest BCUT2D eigenvalue weighted by molar-refractivity contribution is -0.168. The van der Waals surface area contributed by atoms with E-state index in [4.69, 9.17) is 27.9 Å². The molecule has 5 nitrogen and oxygen atoms in total. The molecule has 0 saturated heterocycles. The van der Waals surface area contributed by atoms with Crippen molar-refractivity contribution in [3.63, 3.8) is 0 Å². The smallest absolute Gasteiger partial charge is 0.303 e. The Kier molecular flexibility index (Phi) is 5.90. The molecule has 3 saturated carbocycles. The van der Waals surface area contributed by atoms with Gasteiger partial charge in [-0.2, -0.15) is 0 Å². The summed E-state index contributed by atoms with van der Waals surface area (Å²) in [5, 5.41) is 10.8. The predicted octanol–water partition coefficient (Wildman–Crippen LogP) is 4.23. The summed E-state index contributed by atoms with van der Waals surface area (Å²) >= 11 is 14.3. The van der Waals surface area contributed by atoms with Gasteiger partial charge in [-0.25, -0.2) is 8.78 Å². The summed E-state index contributed by atoms with van der Waals surface area (Å²) in [6.45, 7) is 4.12. The Bertz CT molecular complexity index is 967. The van der Waals surface area contributed by atoms with E-state index < -0.39 is 63.3 Å².